The smallest absolute Gasteiger partial charge is 0.308 e. The minimum absolute atomic E-state index is 0.0818. The zero-order chi connectivity index (χ0) is 16.7. The van der Waals surface area contributed by atoms with Crippen LogP contribution in [0.25, 0.3) is 0 Å². The van der Waals surface area contributed by atoms with Crippen LogP contribution in [0.15, 0.2) is 24.3 Å². The topological polar surface area (TPSA) is 76.1 Å². The Balaban J connectivity index is 1.80. The Kier molecular flexibility index (Phi) is 6.26. The summed E-state index contributed by atoms with van der Waals surface area (Å²) in [4.78, 5) is 24.7. The summed E-state index contributed by atoms with van der Waals surface area (Å²) in [6, 6.07) is 7.12. The van der Waals surface area contributed by atoms with Crippen LogP contribution in [0, 0.1) is 5.92 Å². The molecule has 1 aliphatic heterocycles. The van der Waals surface area contributed by atoms with E-state index in [2.05, 4.69) is 0 Å². The molecule has 6 nitrogen and oxygen atoms in total. The zero-order valence-electron chi connectivity index (χ0n) is 13.4. The predicted molar refractivity (Wildman–Crippen MR) is 84.7 cm³/mol. The molecule has 1 heterocycles. The number of benzene rings is 1. The fraction of sp³-hybridized carbons (Fsp3) is 0.529. The summed E-state index contributed by atoms with van der Waals surface area (Å²) in [5.74, 6) is -0.129. The number of ether oxygens (including phenoxy) is 2. The lowest BCUT2D eigenvalue weighted by Crippen LogP contribution is -2.44. The summed E-state index contributed by atoms with van der Waals surface area (Å²) in [5, 5.41) is 9.05. The second-order valence-corrected chi connectivity index (χ2v) is 5.63. The molecule has 23 heavy (non-hydrogen) atoms. The number of amides is 1. The van der Waals surface area contributed by atoms with Crippen molar-refractivity contribution in [3.63, 3.8) is 0 Å². The van der Waals surface area contributed by atoms with Gasteiger partial charge in [0.25, 0.3) is 5.91 Å². The quantitative estimate of drug-likeness (QED) is 0.833. The van der Waals surface area contributed by atoms with Gasteiger partial charge in [-0.25, -0.2) is 0 Å². The largest absolute Gasteiger partial charge is 0.494 e. The summed E-state index contributed by atoms with van der Waals surface area (Å²) in [6.07, 6.45) is 2.28. The van der Waals surface area contributed by atoms with Gasteiger partial charge in [0.15, 0.2) is 6.61 Å². The first-order valence-corrected chi connectivity index (χ1v) is 7.96. The maximum atomic E-state index is 12.1. The van der Waals surface area contributed by atoms with E-state index in [0.717, 1.165) is 12.2 Å². The van der Waals surface area contributed by atoms with Crippen LogP contribution in [0.4, 0.5) is 0 Å². The Morgan fingerprint density at radius 3 is 2.48 bits per heavy atom. The van der Waals surface area contributed by atoms with Gasteiger partial charge in [-0.2, -0.15) is 0 Å². The number of carboxylic acid groups (broad SMARTS) is 1. The Hall–Kier alpha value is -2.24. The molecule has 0 aliphatic carbocycles. The van der Waals surface area contributed by atoms with Crippen molar-refractivity contribution in [2.24, 2.45) is 5.92 Å². The Labute approximate surface area is 136 Å². The number of likely N-dealkylation sites (tertiary alicyclic amines) is 1. The van der Waals surface area contributed by atoms with Gasteiger partial charge in [0, 0.05) is 13.1 Å². The predicted octanol–water partition coefficient (Wildman–Crippen LogP) is 2.18. The van der Waals surface area contributed by atoms with Crippen molar-refractivity contribution in [3.8, 4) is 11.5 Å². The van der Waals surface area contributed by atoms with Crippen molar-refractivity contribution in [2.45, 2.75) is 26.2 Å². The number of carboxylic acids is 1. The van der Waals surface area contributed by atoms with E-state index >= 15 is 0 Å². The Morgan fingerprint density at radius 1 is 1.22 bits per heavy atom. The third kappa shape index (κ3) is 5.16. The molecule has 6 heteroatoms. The third-order valence-corrected chi connectivity index (χ3v) is 3.78. The highest BCUT2D eigenvalue weighted by molar-refractivity contribution is 5.79. The molecule has 1 N–H and O–H groups in total. The molecule has 1 saturated heterocycles. The average molecular weight is 321 g/mol. The minimum atomic E-state index is -0.842. The van der Waals surface area contributed by atoms with Gasteiger partial charge in [0.1, 0.15) is 11.5 Å². The SMILES string of the molecule is CCCOc1ccc(OCC(=O)N2CCCC(C(=O)O)C2)cc1. The molecule has 1 aliphatic rings. The van der Waals surface area contributed by atoms with Gasteiger partial charge >= 0.3 is 5.97 Å². The van der Waals surface area contributed by atoms with Gasteiger partial charge in [-0.05, 0) is 43.5 Å². The molecule has 1 aromatic rings. The van der Waals surface area contributed by atoms with Gasteiger partial charge in [0.05, 0.1) is 12.5 Å². The fourth-order valence-electron chi connectivity index (χ4n) is 2.49. The van der Waals surface area contributed by atoms with E-state index in [9.17, 15) is 9.59 Å². The van der Waals surface area contributed by atoms with Crippen molar-refractivity contribution < 1.29 is 24.2 Å². The maximum Gasteiger partial charge on any atom is 0.308 e. The summed E-state index contributed by atoms with van der Waals surface area (Å²) >= 11 is 0. The zero-order valence-corrected chi connectivity index (χ0v) is 13.4. The molecular formula is C17H23NO5. The highest BCUT2D eigenvalue weighted by Gasteiger charge is 2.28. The van der Waals surface area contributed by atoms with E-state index in [4.69, 9.17) is 14.6 Å². The van der Waals surface area contributed by atoms with Crippen LogP contribution in [0.3, 0.4) is 0 Å². The molecule has 0 spiro atoms. The molecule has 1 amide bonds. The number of rotatable bonds is 7. The Morgan fingerprint density at radius 2 is 1.87 bits per heavy atom. The van der Waals surface area contributed by atoms with E-state index in [0.29, 0.717) is 31.7 Å². The first-order chi connectivity index (χ1) is 11.1. The fourth-order valence-corrected chi connectivity index (χ4v) is 2.49. The lowest BCUT2D eigenvalue weighted by atomic mass is 9.98. The van der Waals surface area contributed by atoms with E-state index in [1.165, 1.54) is 0 Å². The maximum absolute atomic E-state index is 12.1. The van der Waals surface area contributed by atoms with Gasteiger partial charge < -0.3 is 19.5 Å². The van der Waals surface area contributed by atoms with Crippen molar-refractivity contribution in [1.29, 1.82) is 0 Å². The molecule has 1 atom stereocenters. The molecule has 1 fully saturated rings. The van der Waals surface area contributed by atoms with Crippen molar-refractivity contribution >= 4 is 11.9 Å². The molecule has 0 radical (unpaired) electrons. The summed E-state index contributed by atoms with van der Waals surface area (Å²) in [7, 11) is 0. The first-order valence-electron chi connectivity index (χ1n) is 7.96. The molecule has 1 aromatic carbocycles. The van der Waals surface area contributed by atoms with Crippen LogP contribution in [0.5, 0.6) is 11.5 Å². The van der Waals surface area contributed by atoms with Crippen LogP contribution in [-0.4, -0.2) is 48.2 Å². The van der Waals surface area contributed by atoms with E-state index in [1.54, 1.807) is 29.2 Å². The number of carbonyl (C=O) groups is 2. The monoisotopic (exact) mass is 321 g/mol. The number of piperidine rings is 1. The van der Waals surface area contributed by atoms with Gasteiger partial charge in [-0.3, -0.25) is 9.59 Å². The second kappa shape index (κ2) is 8.41. The summed E-state index contributed by atoms with van der Waals surface area (Å²) in [6.45, 7) is 3.48. The molecule has 2 rings (SSSR count). The number of hydrogen-bond donors (Lipinski definition) is 1. The number of aliphatic carboxylic acids is 1. The van der Waals surface area contributed by atoms with Gasteiger partial charge in [-0.15, -0.1) is 0 Å². The number of hydrogen-bond acceptors (Lipinski definition) is 4. The highest BCUT2D eigenvalue weighted by Crippen LogP contribution is 2.19. The van der Waals surface area contributed by atoms with Crippen LogP contribution >= 0.6 is 0 Å². The lowest BCUT2D eigenvalue weighted by molar-refractivity contribution is -0.146. The standard InChI is InChI=1S/C17H23NO5/c1-2-10-22-14-5-7-15(8-6-14)23-12-16(19)18-9-3-4-13(11-18)17(20)21/h5-8,13H,2-4,9-12H2,1H3,(H,20,21). The number of nitrogens with zero attached hydrogens (tertiary/aromatic N) is 1. The molecule has 126 valence electrons. The van der Waals surface area contributed by atoms with E-state index in [-0.39, 0.29) is 19.1 Å². The van der Waals surface area contributed by atoms with Crippen molar-refractivity contribution in [1.82, 2.24) is 4.90 Å². The van der Waals surface area contributed by atoms with Crippen molar-refractivity contribution in [3.05, 3.63) is 24.3 Å². The van der Waals surface area contributed by atoms with Gasteiger partial charge in [0.2, 0.25) is 0 Å². The second-order valence-electron chi connectivity index (χ2n) is 5.63. The molecular weight excluding hydrogens is 298 g/mol. The Bertz CT molecular complexity index is 528. The molecule has 1 unspecified atom stereocenters. The van der Waals surface area contributed by atoms with Crippen LogP contribution < -0.4 is 9.47 Å². The normalized spacial score (nSPS) is 17.6. The summed E-state index contributed by atoms with van der Waals surface area (Å²) < 4.78 is 11.0. The van der Waals surface area contributed by atoms with Crippen LogP contribution in [0.2, 0.25) is 0 Å². The molecule has 0 aromatic heterocycles. The highest BCUT2D eigenvalue weighted by atomic mass is 16.5. The molecule has 0 saturated carbocycles. The van der Waals surface area contributed by atoms with Crippen molar-refractivity contribution in [2.75, 3.05) is 26.3 Å². The first kappa shape index (κ1) is 17.1. The number of carbonyl (C=O) groups excluding carboxylic acids is 1. The van der Waals surface area contributed by atoms with E-state index < -0.39 is 11.9 Å². The average Bonchev–Trinajstić information content (AvgIpc) is 2.58. The third-order valence-electron chi connectivity index (χ3n) is 3.78. The lowest BCUT2D eigenvalue weighted by Gasteiger charge is -2.30. The summed E-state index contributed by atoms with van der Waals surface area (Å²) in [5.41, 5.74) is 0. The van der Waals surface area contributed by atoms with Crippen LogP contribution in [-0.2, 0) is 9.59 Å². The van der Waals surface area contributed by atoms with E-state index in [1.807, 2.05) is 6.92 Å². The van der Waals surface area contributed by atoms with Crippen LogP contribution in [0.1, 0.15) is 26.2 Å². The van der Waals surface area contributed by atoms with Gasteiger partial charge in [-0.1, -0.05) is 6.92 Å². The molecule has 0 bridgehead atoms. The minimum Gasteiger partial charge on any atom is -0.494 e.